The van der Waals surface area contributed by atoms with Gasteiger partial charge >= 0.3 is 5.97 Å². The zero-order chi connectivity index (χ0) is 14.9. The van der Waals surface area contributed by atoms with Gasteiger partial charge in [-0.15, -0.1) is 11.8 Å². The maximum absolute atomic E-state index is 12.3. The van der Waals surface area contributed by atoms with Gasteiger partial charge in [0.05, 0.1) is 17.3 Å². The number of carbonyl (C=O) groups excluding carboxylic acids is 2. The van der Waals surface area contributed by atoms with Crippen LogP contribution in [0.25, 0.3) is 0 Å². The molecule has 1 atom stereocenters. The third-order valence-electron chi connectivity index (χ3n) is 3.60. The number of esters is 1. The first-order valence-corrected chi connectivity index (χ1v) is 8.34. The van der Waals surface area contributed by atoms with Crippen LogP contribution < -0.4 is 0 Å². The van der Waals surface area contributed by atoms with Crippen LogP contribution in [-0.2, 0) is 14.3 Å². The summed E-state index contributed by atoms with van der Waals surface area (Å²) >= 11 is 1.61. The molecule has 0 spiro atoms. The Kier molecular flexibility index (Phi) is 9.15. The minimum atomic E-state index is -0.666. The third kappa shape index (κ3) is 4.83. The molecule has 0 aromatic rings. The molecule has 0 aromatic carbocycles. The van der Waals surface area contributed by atoms with Crippen molar-refractivity contribution in [1.82, 2.24) is 0 Å². The van der Waals surface area contributed by atoms with Crippen molar-refractivity contribution >= 4 is 23.5 Å². The molecule has 0 aliphatic carbocycles. The molecular formula is C15H28O3S. The van der Waals surface area contributed by atoms with Crippen LogP contribution in [0.2, 0.25) is 0 Å². The van der Waals surface area contributed by atoms with Crippen LogP contribution in [0.4, 0.5) is 0 Å². The number of rotatable bonds is 10. The molecule has 0 heterocycles. The van der Waals surface area contributed by atoms with Crippen molar-refractivity contribution in [3.63, 3.8) is 0 Å². The number of thioether (sulfide) groups is 1. The molecule has 1 unspecified atom stereocenters. The van der Waals surface area contributed by atoms with Crippen molar-refractivity contribution in [1.29, 1.82) is 0 Å². The summed E-state index contributed by atoms with van der Waals surface area (Å²) in [6.45, 7) is 9.82. The second-order valence-corrected chi connectivity index (χ2v) is 6.01. The van der Waals surface area contributed by atoms with Gasteiger partial charge in [0, 0.05) is 0 Å². The fraction of sp³-hybridized carbons (Fsp3) is 0.867. The van der Waals surface area contributed by atoms with E-state index in [9.17, 15) is 9.59 Å². The van der Waals surface area contributed by atoms with Gasteiger partial charge in [0.2, 0.25) is 0 Å². The molecule has 0 aliphatic rings. The van der Waals surface area contributed by atoms with E-state index in [-0.39, 0.29) is 17.0 Å². The zero-order valence-electron chi connectivity index (χ0n) is 13.0. The first-order valence-electron chi connectivity index (χ1n) is 7.29. The molecule has 0 bridgehead atoms. The highest BCUT2D eigenvalue weighted by Crippen LogP contribution is 2.40. The Hall–Kier alpha value is -0.510. The lowest BCUT2D eigenvalue weighted by atomic mass is 9.77. The van der Waals surface area contributed by atoms with Crippen LogP contribution in [0.5, 0.6) is 0 Å². The maximum atomic E-state index is 12.3. The van der Waals surface area contributed by atoms with Crippen molar-refractivity contribution in [3.8, 4) is 0 Å². The average molecular weight is 288 g/mol. The smallest absolute Gasteiger partial charge is 0.313 e. The van der Waals surface area contributed by atoms with Gasteiger partial charge < -0.3 is 4.74 Å². The fourth-order valence-electron chi connectivity index (χ4n) is 2.30. The Morgan fingerprint density at radius 2 is 1.74 bits per heavy atom. The number of ketones is 1. The van der Waals surface area contributed by atoms with Crippen molar-refractivity contribution in [2.75, 3.05) is 12.4 Å². The number of Topliss-reactive ketones (excluding diaryl/α,β-unsaturated/α-hetero) is 1. The molecule has 0 fully saturated rings. The van der Waals surface area contributed by atoms with E-state index < -0.39 is 5.41 Å². The van der Waals surface area contributed by atoms with Gasteiger partial charge in [-0.2, -0.15) is 0 Å². The molecular weight excluding hydrogens is 260 g/mol. The Labute approximate surface area is 121 Å². The summed E-state index contributed by atoms with van der Waals surface area (Å²) in [4.78, 5) is 24.3. The van der Waals surface area contributed by atoms with E-state index in [0.717, 1.165) is 18.6 Å². The van der Waals surface area contributed by atoms with Crippen LogP contribution in [0.15, 0.2) is 0 Å². The van der Waals surface area contributed by atoms with Crippen LogP contribution in [0, 0.1) is 5.41 Å². The molecule has 4 heteroatoms. The van der Waals surface area contributed by atoms with Gasteiger partial charge in [-0.25, -0.2) is 0 Å². The normalized spacial score (nSPS) is 13.1. The van der Waals surface area contributed by atoms with Gasteiger partial charge in [0.25, 0.3) is 0 Å². The number of carbonyl (C=O) groups is 2. The van der Waals surface area contributed by atoms with E-state index in [1.165, 1.54) is 0 Å². The molecule has 0 saturated carbocycles. The number of hydrogen-bond donors (Lipinski definition) is 0. The van der Waals surface area contributed by atoms with Gasteiger partial charge in [0.15, 0.2) is 0 Å². The minimum Gasteiger partial charge on any atom is -0.466 e. The number of unbranched alkanes of at least 4 members (excludes halogenated alkanes) is 1. The Morgan fingerprint density at radius 1 is 1.16 bits per heavy atom. The SMILES string of the molecule is CCCCSC(C(C)=O)C(CC)(CC)C(=O)OCC. The minimum absolute atomic E-state index is 0.0813. The maximum Gasteiger partial charge on any atom is 0.313 e. The standard InChI is InChI=1S/C15H28O3S/c1-6-10-11-19-13(12(5)16)15(7-2,8-3)14(17)18-9-4/h13H,6-11H2,1-5H3. The average Bonchev–Trinajstić information content (AvgIpc) is 2.38. The summed E-state index contributed by atoms with van der Waals surface area (Å²) in [5, 5.41) is -0.284. The van der Waals surface area contributed by atoms with E-state index >= 15 is 0 Å². The molecule has 112 valence electrons. The first kappa shape index (κ1) is 18.5. The van der Waals surface area contributed by atoms with Gasteiger partial charge in [-0.1, -0.05) is 27.2 Å². The van der Waals surface area contributed by atoms with Gasteiger partial charge in [0.1, 0.15) is 5.78 Å². The van der Waals surface area contributed by atoms with Crippen molar-refractivity contribution < 1.29 is 14.3 Å². The predicted octanol–water partition coefficient (Wildman–Crippen LogP) is 3.85. The van der Waals surface area contributed by atoms with Gasteiger partial charge in [-0.3, -0.25) is 9.59 Å². The molecule has 0 radical (unpaired) electrons. The largest absolute Gasteiger partial charge is 0.466 e. The van der Waals surface area contributed by atoms with Crippen molar-refractivity contribution in [2.24, 2.45) is 5.41 Å². The van der Waals surface area contributed by atoms with Crippen molar-refractivity contribution in [3.05, 3.63) is 0 Å². The Balaban J connectivity index is 5.14. The summed E-state index contributed by atoms with van der Waals surface area (Å²) in [6, 6.07) is 0. The van der Waals surface area contributed by atoms with Crippen LogP contribution in [-0.4, -0.2) is 29.4 Å². The molecule has 0 aliphatic heterocycles. The Bertz CT molecular complexity index is 285. The fourth-order valence-corrected chi connectivity index (χ4v) is 3.98. The number of ether oxygens (including phenoxy) is 1. The summed E-state index contributed by atoms with van der Waals surface area (Å²) in [7, 11) is 0. The lowest BCUT2D eigenvalue weighted by molar-refractivity contribution is -0.157. The van der Waals surface area contributed by atoms with E-state index in [4.69, 9.17) is 4.74 Å². The number of hydrogen-bond acceptors (Lipinski definition) is 4. The van der Waals surface area contributed by atoms with E-state index in [1.54, 1.807) is 25.6 Å². The highest BCUT2D eigenvalue weighted by Gasteiger charge is 2.46. The zero-order valence-corrected chi connectivity index (χ0v) is 13.8. The van der Waals surface area contributed by atoms with Gasteiger partial charge in [-0.05, 0) is 38.9 Å². The van der Waals surface area contributed by atoms with Crippen LogP contribution in [0.1, 0.15) is 60.3 Å². The molecule has 19 heavy (non-hydrogen) atoms. The topological polar surface area (TPSA) is 43.4 Å². The highest BCUT2D eigenvalue weighted by atomic mass is 32.2. The summed E-state index contributed by atoms with van der Waals surface area (Å²) in [5.41, 5.74) is -0.666. The summed E-state index contributed by atoms with van der Waals surface area (Å²) in [6.07, 6.45) is 3.46. The quantitative estimate of drug-likeness (QED) is 0.452. The second kappa shape index (κ2) is 9.40. The molecule has 0 rings (SSSR count). The van der Waals surface area contributed by atoms with Crippen LogP contribution in [0.3, 0.4) is 0 Å². The Morgan fingerprint density at radius 3 is 2.11 bits per heavy atom. The highest BCUT2D eigenvalue weighted by molar-refractivity contribution is 8.00. The summed E-state index contributed by atoms with van der Waals surface area (Å²) < 4.78 is 5.22. The third-order valence-corrected chi connectivity index (χ3v) is 5.24. The second-order valence-electron chi connectivity index (χ2n) is 4.80. The lowest BCUT2D eigenvalue weighted by Gasteiger charge is -2.35. The molecule has 3 nitrogen and oxygen atoms in total. The van der Waals surface area contributed by atoms with Crippen molar-refractivity contribution in [2.45, 2.75) is 65.6 Å². The molecule has 0 amide bonds. The van der Waals surface area contributed by atoms with Crippen LogP contribution >= 0.6 is 11.8 Å². The molecule has 0 aromatic heterocycles. The molecule has 0 N–H and O–H groups in total. The van der Waals surface area contributed by atoms with E-state index in [1.807, 2.05) is 13.8 Å². The molecule has 0 saturated heterocycles. The first-order chi connectivity index (χ1) is 8.99. The van der Waals surface area contributed by atoms with E-state index in [0.29, 0.717) is 19.4 Å². The monoisotopic (exact) mass is 288 g/mol. The summed E-state index contributed by atoms with van der Waals surface area (Å²) in [5.74, 6) is 0.782. The predicted molar refractivity (Wildman–Crippen MR) is 81.5 cm³/mol. The van der Waals surface area contributed by atoms with E-state index in [2.05, 4.69) is 6.92 Å². The lowest BCUT2D eigenvalue weighted by Crippen LogP contribution is -2.45.